The van der Waals surface area contributed by atoms with E-state index in [9.17, 15) is 5.11 Å². The van der Waals surface area contributed by atoms with Gasteiger partial charge in [0.15, 0.2) is 0 Å². The molecule has 0 bridgehead atoms. The molecule has 0 saturated heterocycles. The maximum atomic E-state index is 9.29. The van der Waals surface area contributed by atoms with Crippen LogP contribution in [0.15, 0.2) is 30.3 Å². The van der Waals surface area contributed by atoms with Crippen molar-refractivity contribution in [2.45, 2.75) is 5.44 Å². The third-order valence-electron chi connectivity index (χ3n) is 1.31. The molecule has 1 unspecified atom stereocenters. The molecule has 0 amide bonds. The van der Waals surface area contributed by atoms with Gasteiger partial charge in [0.2, 0.25) is 0 Å². The lowest BCUT2D eigenvalue weighted by atomic mass is 10.2. The maximum Gasteiger partial charge on any atom is 0.124 e. The second-order valence-corrected chi connectivity index (χ2v) is 2.92. The van der Waals surface area contributed by atoms with Crippen molar-refractivity contribution >= 4 is 11.8 Å². The Balaban J connectivity index is 2.75. The molecular weight excluding hydrogens is 144 g/mol. The first-order valence-electron chi connectivity index (χ1n) is 3.10. The van der Waals surface area contributed by atoms with Crippen LogP contribution in [0.4, 0.5) is 0 Å². The van der Waals surface area contributed by atoms with E-state index in [-0.39, 0.29) is 5.44 Å². The average Bonchev–Trinajstić information content (AvgIpc) is 2.05. The van der Waals surface area contributed by atoms with Crippen LogP contribution in [0.1, 0.15) is 11.0 Å². The van der Waals surface area contributed by atoms with Crippen molar-refractivity contribution in [2.75, 3.05) is 6.26 Å². The zero-order valence-electron chi connectivity index (χ0n) is 5.82. The largest absolute Gasteiger partial charge is 0.378 e. The van der Waals surface area contributed by atoms with Crippen molar-refractivity contribution in [3.8, 4) is 0 Å². The van der Waals surface area contributed by atoms with E-state index < -0.39 is 0 Å². The van der Waals surface area contributed by atoms with E-state index >= 15 is 0 Å². The monoisotopic (exact) mass is 154 g/mol. The number of aliphatic hydroxyl groups is 1. The summed E-state index contributed by atoms with van der Waals surface area (Å²) in [7, 11) is 0. The fourth-order valence-corrected chi connectivity index (χ4v) is 1.18. The summed E-state index contributed by atoms with van der Waals surface area (Å²) >= 11 is 1.43. The molecule has 2 heteroatoms. The summed E-state index contributed by atoms with van der Waals surface area (Å²) < 4.78 is 0. The van der Waals surface area contributed by atoms with Gasteiger partial charge in [-0.1, -0.05) is 30.3 Å². The van der Waals surface area contributed by atoms with Crippen LogP contribution in [-0.4, -0.2) is 11.4 Å². The Morgan fingerprint density at radius 3 is 2.40 bits per heavy atom. The minimum absolute atomic E-state index is 0.374. The standard InChI is InChI=1S/C8H10OS/c1-10-8(9)7-5-3-2-4-6-7/h2-6,8-9H,1H3. The molecular formula is C8H10OS. The number of thioether (sulfide) groups is 1. The molecule has 1 rings (SSSR count). The highest BCUT2D eigenvalue weighted by Gasteiger charge is 2.01. The highest BCUT2D eigenvalue weighted by molar-refractivity contribution is 7.98. The number of hydrogen-bond acceptors (Lipinski definition) is 2. The zero-order valence-corrected chi connectivity index (χ0v) is 6.64. The van der Waals surface area contributed by atoms with Gasteiger partial charge in [0, 0.05) is 0 Å². The number of hydrogen-bond donors (Lipinski definition) is 1. The minimum atomic E-state index is -0.374. The van der Waals surface area contributed by atoms with Gasteiger partial charge in [0.05, 0.1) is 0 Å². The maximum absolute atomic E-state index is 9.29. The molecule has 0 aromatic heterocycles. The molecule has 0 heterocycles. The predicted octanol–water partition coefficient (Wildman–Crippen LogP) is 2.04. The molecule has 1 aromatic carbocycles. The van der Waals surface area contributed by atoms with Crippen molar-refractivity contribution in [3.63, 3.8) is 0 Å². The minimum Gasteiger partial charge on any atom is -0.378 e. The summed E-state index contributed by atoms with van der Waals surface area (Å²) in [4.78, 5) is 0. The molecule has 1 atom stereocenters. The van der Waals surface area contributed by atoms with E-state index in [0.717, 1.165) is 5.56 Å². The smallest absolute Gasteiger partial charge is 0.124 e. The normalized spacial score (nSPS) is 13.0. The van der Waals surface area contributed by atoms with Gasteiger partial charge >= 0.3 is 0 Å². The van der Waals surface area contributed by atoms with Crippen LogP contribution in [0.5, 0.6) is 0 Å². The van der Waals surface area contributed by atoms with Gasteiger partial charge in [-0.15, -0.1) is 11.8 Å². The molecule has 0 aliphatic heterocycles. The molecule has 10 heavy (non-hydrogen) atoms. The summed E-state index contributed by atoms with van der Waals surface area (Å²) in [6.45, 7) is 0. The molecule has 0 radical (unpaired) electrons. The van der Waals surface area contributed by atoms with Crippen molar-refractivity contribution < 1.29 is 5.11 Å². The number of rotatable bonds is 2. The van der Waals surface area contributed by atoms with Crippen LogP contribution in [0.3, 0.4) is 0 Å². The molecule has 0 aliphatic rings. The van der Waals surface area contributed by atoms with E-state index in [1.54, 1.807) is 0 Å². The van der Waals surface area contributed by atoms with E-state index in [4.69, 9.17) is 0 Å². The van der Waals surface area contributed by atoms with E-state index in [1.165, 1.54) is 11.8 Å². The zero-order chi connectivity index (χ0) is 7.40. The van der Waals surface area contributed by atoms with Crippen LogP contribution < -0.4 is 0 Å². The molecule has 0 spiro atoms. The van der Waals surface area contributed by atoms with Gasteiger partial charge in [-0.05, 0) is 11.8 Å². The first kappa shape index (κ1) is 7.63. The lowest BCUT2D eigenvalue weighted by molar-refractivity contribution is 0.270. The summed E-state index contributed by atoms with van der Waals surface area (Å²) in [6, 6.07) is 9.63. The van der Waals surface area contributed by atoms with Gasteiger partial charge in [-0.25, -0.2) is 0 Å². The second kappa shape index (κ2) is 3.64. The third-order valence-corrected chi connectivity index (χ3v) is 2.03. The first-order valence-corrected chi connectivity index (χ1v) is 4.39. The molecule has 54 valence electrons. The summed E-state index contributed by atoms with van der Waals surface area (Å²) in [5.74, 6) is 0. The van der Waals surface area contributed by atoms with Crippen LogP contribution in [-0.2, 0) is 0 Å². The second-order valence-electron chi connectivity index (χ2n) is 2.00. The van der Waals surface area contributed by atoms with Gasteiger partial charge in [-0.2, -0.15) is 0 Å². The quantitative estimate of drug-likeness (QED) is 0.658. The Morgan fingerprint density at radius 2 is 1.90 bits per heavy atom. The highest BCUT2D eigenvalue weighted by atomic mass is 32.2. The highest BCUT2D eigenvalue weighted by Crippen LogP contribution is 2.21. The van der Waals surface area contributed by atoms with Crippen LogP contribution in [0.2, 0.25) is 0 Å². The third kappa shape index (κ3) is 1.75. The molecule has 1 aromatic rings. The molecule has 1 nitrogen and oxygen atoms in total. The Hall–Kier alpha value is -0.470. The topological polar surface area (TPSA) is 20.2 Å². The molecule has 0 aliphatic carbocycles. The van der Waals surface area contributed by atoms with Crippen molar-refractivity contribution in [3.05, 3.63) is 35.9 Å². The van der Waals surface area contributed by atoms with E-state index in [0.29, 0.717) is 0 Å². The molecule has 0 fully saturated rings. The lowest BCUT2D eigenvalue weighted by Gasteiger charge is -2.05. The van der Waals surface area contributed by atoms with Crippen LogP contribution in [0.25, 0.3) is 0 Å². The van der Waals surface area contributed by atoms with E-state index in [2.05, 4.69) is 0 Å². The fourth-order valence-electron chi connectivity index (χ4n) is 0.754. The fraction of sp³-hybridized carbons (Fsp3) is 0.250. The molecule has 0 saturated carbocycles. The Morgan fingerprint density at radius 1 is 1.30 bits per heavy atom. The summed E-state index contributed by atoms with van der Waals surface area (Å²) in [5, 5.41) is 9.29. The molecule has 1 N–H and O–H groups in total. The summed E-state index contributed by atoms with van der Waals surface area (Å²) in [5.41, 5.74) is 0.594. The van der Waals surface area contributed by atoms with E-state index in [1.807, 2.05) is 36.6 Å². The Labute approximate surface area is 65.1 Å². The summed E-state index contributed by atoms with van der Waals surface area (Å²) in [6.07, 6.45) is 1.89. The SMILES string of the molecule is CSC(O)c1ccccc1. The Kier molecular flexibility index (Phi) is 2.78. The van der Waals surface area contributed by atoms with Crippen LogP contribution in [0, 0.1) is 0 Å². The first-order chi connectivity index (χ1) is 4.84. The predicted molar refractivity (Wildman–Crippen MR) is 44.9 cm³/mol. The number of aliphatic hydroxyl groups excluding tert-OH is 1. The average molecular weight is 154 g/mol. The van der Waals surface area contributed by atoms with Crippen molar-refractivity contribution in [1.82, 2.24) is 0 Å². The lowest BCUT2D eigenvalue weighted by Crippen LogP contribution is -1.88. The van der Waals surface area contributed by atoms with Gasteiger partial charge in [0.25, 0.3) is 0 Å². The van der Waals surface area contributed by atoms with Gasteiger partial charge in [0.1, 0.15) is 5.44 Å². The van der Waals surface area contributed by atoms with Crippen molar-refractivity contribution in [1.29, 1.82) is 0 Å². The Bertz CT molecular complexity index is 186. The van der Waals surface area contributed by atoms with Crippen LogP contribution >= 0.6 is 11.8 Å². The van der Waals surface area contributed by atoms with Gasteiger partial charge < -0.3 is 5.11 Å². The van der Waals surface area contributed by atoms with Crippen molar-refractivity contribution in [2.24, 2.45) is 0 Å². The van der Waals surface area contributed by atoms with Gasteiger partial charge in [-0.3, -0.25) is 0 Å². The number of benzene rings is 1.